The summed E-state index contributed by atoms with van der Waals surface area (Å²) in [6, 6.07) is 13.2. The summed E-state index contributed by atoms with van der Waals surface area (Å²) in [6.07, 6.45) is 4.02. The third kappa shape index (κ3) is 5.48. The maximum Gasteiger partial charge on any atom is 0.243 e. The number of nitrogens with one attached hydrogen (secondary N) is 1. The number of benzene rings is 2. The lowest BCUT2D eigenvalue weighted by Gasteiger charge is -2.21. The molecule has 0 aliphatic carbocycles. The smallest absolute Gasteiger partial charge is 0.243 e. The first-order chi connectivity index (χ1) is 13.9. The van der Waals surface area contributed by atoms with E-state index in [-0.39, 0.29) is 29.7 Å². The molecule has 0 radical (unpaired) electrons. The highest BCUT2D eigenvalue weighted by Gasteiger charge is 2.29. The third-order valence-electron chi connectivity index (χ3n) is 5.24. The van der Waals surface area contributed by atoms with Crippen LogP contribution >= 0.6 is 24.8 Å². The van der Waals surface area contributed by atoms with Gasteiger partial charge in [-0.2, -0.15) is 4.31 Å². The molecule has 1 aliphatic rings. The number of fused-ring (bicyclic) bond motifs is 1. The van der Waals surface area contributed by atoms with Crippen molar-refractivity contribution < 1.29 is 13.2 Å². The lowest BCUT2D eigenvalue weighted by molar-refractivity contribution is 0.429. The van der Waals surface area contributed by atoms with Gasteiger partial charge in [0, 0.05) is 42.6 Å². The van der Waals surface area contributed by atoms with Crippen LogP contribution < -0.4 is 10.1 Å². The van der Waals surface area contributed by atoms with Crippen LogP contribution in [0.4, 0.5) is 0 Å². The minimum atomic E-state index is -3.67. The maximum atomic E-state index is 13.5. The van der Waals surface area contributed by atoms with E-state index < -0.39 is 10.0 Å². The first kappa shape index (κ1) is 25.4. The quantitative estimate of drug-likeness (QED) is 0.588. The number of pyridine rings is 1. The number of rotatable bonds is 4. The van der Waals surface area contributed by atoms with Crippen molar-refractivity contribution in [3.63, 3.8) is 0 Å². The summed E-state index contributed by atoms with van der Waals surface area (Å²) < 4.78 is 34.7. The number of nitrogens with zero attached hydrogens (tertiary/aromatic N) is 2. The molecule has 0 amide bonds. The Labute approximate surface area is 195 Å². The van der Waals surface area contributed by atoms with Gasteiger partial charge in [-0.25, -0.2) is 8.42 Å². The van der Waals surface area contributed by atoms with E-state index in [0.717, 1.165) is 17.4 Å². The highest BCUT2D eigenvalue weighted by atomic mass is 35.5. The predicted octanol–water partition coefficient (Wildman–Crippen LogP) is 4.55. The molecule has 168 valence electrons. The Hall–Kier alpha value is -1.90. The molecule has 31 heavy (non-hydrogen) atoms. The van der Waals surface area contributed by atoms with Gasteiger partial charge in [0.2, 0.25) is 10.0 Å². The van der Waals surface area contributed by atoms with Gasteiger partial charge in [-0.05, 0) is 38.5 Å². The molecular weight excluding hydrogens is 457 g/mol. The van der Waals surface area contributed by atoms with Crippen molar-refractivity contribution in [3.8, 4) is 11.5 Å². The Morgan fingerprint density at radius 3 is 2.55 bits per heavy atom. The Morgan fingerprint density at radius 1 is 1.06 bits per heavy atom. The number of aromatic nitrogens is 1. The molecule has 1 aliphatic heterocycles. The van der Waals surface area contributed by atoms with Crippen molar-refractivity contribution in [1.82, 2.24) is 14.6 Å². The van der Waals surface area contributed by atoms with Gasteiger partial charge in [0.05, 0.1) is 11.1 Å². The second kappa shape index (κ2) is 10.6. The highest BCUT2D eigenvalue weighted by molar-refractivity contribution is 7.89. The zero-order valence-corrected chi connectivity index (χ0v) is 19.9. The van der Waals surface area contributed by atoms with Crippen LogP contribution in [-0.2, 0) is 10.0 Å². The summed E-state index contributed by atoms with van der Waals surface area (Å²) in [6.45, 7) is 5.66. The molecule has 1 N–H and O–H groups in total. The minimum Gasteiger partial charge on any atom is -0.455 e. The van der Waals surface area contributed by atoms with Gasteiger partial charge >= 0.3 is 0 Å². The van der Waals surface area contributed by atoms with Crippen molar-refractivity contribution >= 4 is 45.6 Å². The first-order valence-electron chi connectivity index (χ1n) is 9.80. The number of sulfonamides is 1. The zero-order valence-electron chi connectivity index (χ0n) is 17.4. The van der Waals surface area contributed by atoms with E-state index in [0.29, 0.717) is 42.6 Å². The molecule has 1 saturated heterocycles. The molecule has 1 atom stereocenters. The first-order valence-corrected chi connectivity index (χ1v) is 11.2. The zero-order chi connectivity index (χ0) is 20.4. The molecular formula is C22H27Cl2N3O3S. The molecule has 2 aromatic carbocycles. The molecule has 4 rings (SSSR count). The predicted molar refractivity (Wildman–Crippen MR) is 128 cm³/mol. The van der Waals surface area contributed by atoms with E-state index in [9.17, 15) is 8.42 Å². The number of ether oxygens (including phenoxy) is 1. The van der Waals surface area contributed by atoms with Gasteiger partial charge in [-0.1, -0.05) is 29.8 Å². The molecule has 2 heterocycles. The molecule has 1 fully saturated rings. The standard InChI is InChI=1S/C22H25N3O3S.2ClH/c1-16-6-8-19(9-7-16)28-20-15-23-14-18-4-3-5-21(22(18)20)29(26,27)25-12-10-17(2)24-11-13-25;;/h3-9,14-15,17,24H,10-13H2,1-2H3;2*1H. The van der Waals surface area contributed by atoms with E-state index in [1.165, 1.54) is 0 Å². The summed E-state index contributed by atoms with van der Waals surface area (Å²) in [5.41, 5.74) is 1.13. The van der Waals surface area contributed by atoms with Gasteiger partial charge in [0.1, 0.15) is 5.75 Å². The monoisotopic (exact) mass is 483 g/mol. The van der Waals surface area contributed by atoms with E-state index in [1.807, 2.05) is 37.3 Å². The van der Waals surface area contributed by atoms with Crippen molar-refractivity contribution in [2.24, 2.45) is 0 Å². The largest absolute Gasteiger partial charge is 0.455 e. The fourth-order valence-electron chi connectivity index (χ4n) is 3.56. The molecule has 3 aromatic rings. The number of hydrogen-bond acceptors (Lipinski definition) is 5. The van der Waals surface area contributed by atoms with Crippen LogP contribution in [0, 0.1) is 6.92 Å². The van der Waals surface area contributed by atoms with E-state index >= 15 is 0 Å². The Kier molecular flexibility index (Phi) is 8.68. The van der Waals surface area contributed by atoms with Gasteiger partial charge in [-0.3, -0.25) is 4.98 Å². The lowest BCUT2D eigenvalue weighted by atomic mass is 10.1. The van der Waals surface area contributed by atoms with Crippen molar-refractivity contribution in [1.29, 1.82) is 0 Å². The van der Waals surface area contributed by atoms with Crippen LogP contribution in [0.25, 0.3) is 10.8 Å². The van der Waals surface area contributed by atoms with Gasteiger partial charge in [0.25, 0.3) is 0 Å². The average Bonchev–Trinajstić information content (AvgIpc) is 2.94. The lowest BCUT2D eigenvalue weighted by Crippen LogP contribution is -2.34. The molecule has 0 bridgehead atoms. The van der Waals surface area contributed by atoms with Gasteiger partial charge in [0.15, 0.2) is 5.75 Å². The molecule has 6 nitrogen and oxygen atoms in total. The second-order valence-corrected chi connectivity index (χ2v) is 9.36. The molecule has 1 unspecified atom stereocenters. The van der Waals surface area contributed by atoms with E-state index in [2.05, 4.69) is 17.2 Å². The van der Waals surface area contributed by atoms with Crippen LogP contribution in [0.1, 0.15) is 18.9 Å². The van der Waals surface area contributed by atoms with Crippen molar-refractivity contribution in [2.45, 2.75) is 31.2 Å². The summed E-state index contributed by atoms with van der Waals surface area (Å²) >= 11 is 0. The van der Waals surface area contributed by atoms with E-state index in [4.69, 9.17) is 4.74 Å². The molecule has 0 spiro atoms. The van der Waals surface area contributed by atoms with Crippen LogP contribution in [0.2, 0.25) is 0 Å². The number of hydrogen-bond donors (Lipinski definition) is 1. The van der Waals surface area contributed by atoms with Gasteiger partial charge in [-0.15, -0.1) is 24.8 Å². The van der Waals surface area contributed by atoms with Crippen LogP contribution in [0.15, 0.2) is 59.8 Å². The summed E-state index contributed by atoms with van der Waals surface area (Å²) in [5.74, 6) is 1.08. The summed E-state index contributed by atoms with van der Waals surface area (Å²) in [7, 11) is -3.67. The van der Waals surface area contributed by atoms with E-state index in [1.54, 1.807) is 28.8 Å². The van der Waals surface area contributed by atoms with Crippen LogP contribution in [0.3, 0.4) is 0 Å². The molecule has 9 heteroatoms. The Morgan fingerprint density at radius 2 is 1.81 bits per heavy atom. The fourth-order valence-corrected chi connectivity index (χ4v) is 5.24. The minimum absolute atomic E-state index is 0. The second-order valence-electron chi connectivity index (χ2n) is 7.45. The topological polar surface area (TPSA) is 71.5 Å². The summed E-state index contributed by atoms with van der Waals surface area (Å²) in [4.78, 5) is 4.50. The van der Waals surface area contributed by atoms with Crippen molar-refractivity contribution in [3.05, 3.63) is 60.4 Å². The Balaban J connectivity index is 0.00000171. The highest BCUT2D eigenvalue weighted by Crippen LogP contribution is 2.35. The molecule has 0 saturated carbocycles. The van der Waals surface area contributed by atoms with Crippen molar-refractivity contribution in [2.75, 3.05) is 19.6 Å². The maximum absolute atomic E-state index is 13.5. The summed E-state index contributed by atoms with van der Waals surface area (Å²) in [5, 5.41) is 4.64. The van der Waals surface area contributed by atoms with Crippen LogP contribution in [0.5, 0.6) is 11.5 Å². The number of aryl methyl sites for hydroxylation is 1. The number of halogens is 2. The fraction of sp³-hybridized carbons (Fsp3) is 0.318. The van der Waals surface area contributed by atoms with Crippen LogP contribution in [-0.4, -0.2) is 43.4 Å². The third-order valence-corrected chi connectivity index (χ3v) is 7.18. The van der Waals surface area contributed by atoms with Gasteiger partial charge < -0.3 is 10.1 Å². The average molecular weight is 484 g/mol. The SMILES string of the molecule is Cc1ccc(Oc2cncc3cccc(S(=O)(=O)N4CCNC(C)CC4)c23)cc1.Cl.Cl. The Bertz CT molecular complexity index is 1120. The molecule has 1 aromatic heterocycles. The normalized spacial score (nSPS) is 17.3.